The lowest BCUT2D eigenvalue weighted by Crippen LogP contribution is -2.24. The van der Waals surface area contributed by atoms with Gasteiger partial charge >= 0.3 is 0 Å². The highest BCUT2D eigenvalue weighted by Crippen LogP contribution is 2.23. The van der Waals surface area contributed by atoms with Crippen molar-refractivity contribution in [3.05, 3.63) is 65.7 Å². The fourth-order valence-electron chi connectivity index (χ4n) is 1.95. The van der Waals surface area contributed by atoms with E-state index in [-0.39, 0.29) is 11.9 Å². The molecule has 0 saturated carbocycles. The molecule has 1 heterocycles. The molecule has 0 spiro atoms. The maximum Gasteiger partial charge on any atom is 0.128 e. The van der Waals surface area contributed by atoms with E-state index in [1.807, 2.05) is 24.3 Å². The molecule has 18 heavy (non-hydrogen) atoms. The molecule has 1 aromatic heterocycles. The smallest absolute Gasteiger partial charge is 0.128 e. The monoisotopic (exact) mass is 244 g/mol. The molecule has 0 fully saturated rings. The summed E-state index contributed by atoms with van der Waals surface area (Å²) in [5, 5.41) is 3.36. The lowest BCUT2D eigenvalue weighted by atomic mass is 9.99. The molecule has 2 rings (SSSR count). The number of benzene rings is 1. The Morgan fingerprint density at radius 1 is 1.22 bits per heavy atom. The van der Waals surface area contributed by atoms with Gasteiger partial charge in [0.05, 0.1) is 6.04 Å². The normalized spacial score (nSPS) is 12.3. The average molecular weight is 244 g/mol. The summed E-state index contributed by atoms with van der Waals surface area (Å²) in [5.74, 6) is -0.185. The van der Waals surface area contributed by atoms with E-state index >= 15 is 0 Å². The van der Waals surface area contributed by atoms with Gasteiger partial charge in [0.15, 0.2) is 0 Å². The second-order valence-electron chi connectivity index (χ2n) is 4.20. The average Bonchev–Trinajstić information content (AvgIpc) is 2.42. The van der Waals surface area contributed by atoms with E-state index in [9.17, 15) is 4.39 Å². The molecule has 2 nitrogen and oxygen atoms in total. The molecular weight excluding hydrogens is 227 g/mol. The summed E-state index contributed by atoms with van der Waals surface area (Å²) < 4.78 is 13.9. The van der Waals surface area contributed by atoms with Crippen LogP contribution < -0.4 is 5.32 Å². The van der Waals surface area contributed by atoms with Crippen molar-refractivity contribution in [3.8, 4) is 0 Å². The van der Waals surface area contributed by atoms with Gasteiger partial charge < -0.3 is 5.32 Å². The van der Waals surface area contributed by atoms with Crippen molar-refractivity contribution in [2.24, 2.45) is 0 Å². The summed E-state index contributed by atoms with van der Waals surface area (Å²) in [6.45, 7) is 2.93. The van der Waals surface area contributed by atoms with Gasteiger partial charge in [-0.1, -0.05) is 31.2 Å². The number of rotatable bonds is 5. The molecule has 2 aromatic rings. The van der Waals surface area contributed by atoms with E-state index in [2.05, 4.69) is 17.2 Å². The van der Waals surface area contributed by atoms with Crippen molar-refractivity contribution < 1.29 is 4.39 Å². The summed E-state index contributed by atoms with van der Waals surface area (Å²) in [4.78, 5) is 4.11. The number of pyridine rings is 1. The standard InChI is InChI=1S/C15H17FN2/c1-2-9-18-15(12-6-5-10-17-11-12)13-7-3-4-8-14(13)16/h3-8,10-11,15,18H,2,9H2,1H3. The molecule has 1 N–H and O–H groups in total. The third-order valence-electron chi connectivity index (χ3n) is 2.83. The van der Waals surface area contributed by atoms with Gasteiger partial charge in [-0.2, -0.15) is 0 Å². The molecule has 1 unspecified atom stereocenters. The SMILES string of the molecule is CCCNC(c1cccnc1)c1ccccc1F. The summed E-state index contributed by atoms with van der Waals surface area (Å²) in [6, 6.07) is 10.6. The first-order valence-corrected chi connectivity index (χ1v) is 6.20. The zero-order chi connectivity index (χ0) is 12.8. The molecule has 0 bridgehead atoms. The van der Waals surface area contributed by atoms with Crippen LogP contribution in [0.15, 0.2) is 48.8 Å². The third-order valence-corrected chi connectivity index (χ3v) is 2.83. The van der Waals surface area contributed by atoms with Gasteiger partial charge in [0, 0.05) is 18.0 Å². The van der Waals surface area contributed by atoms with Gasteiger partial charge in [0.2, 0.25) is 0 Å². The van der Waals surface area contributed by atoms with Crippen LogP contribution in [-0.2, 0) is 0 Å². The first-order valence-electron chi connectivity index (χ1n) is 6.20. The Kier molecular flexibility index (Phi) is 4.42. The van der Waals surface area contributed by atoms with Crippen molar-refractivity contribution >= 4 is 0 Å². The highest BCUT2D eigenvalue weighted by Gasteiger charge is 2.16. The van der Waals surface area contributed by atoms with Crippen molar-refractivity contribution in [3.63, 3.8) is 0 Å². The van der Waals surface area contributed by atoms with Crippen LogP contribution in [0.3, 0.4) is 0 Å². The summed E-state index contributed by atoms with van der Waals surface area (Å²) in [6.07, 6.45) is 4.51. The molecule has 3 heteroatoms. The molecular formula is C15H17FN2. The van der Waals surface area contributed by atoms with Crippen molar-refractivity contribution in [1.82, 2.24) is 10.3 Å². The largest absolute Gasteiger partial charge is 0.306 e. The fourth-order valence-corrected chi connectivity index (χ4v) is 1.95. The lowest BCUT2D eigenvalue weighted by Gasteiger charge is -2.19. The van der Waals surface area contributed by atoms with Crippen LogP contribution in [0.2, 0.25) is 0 Å². The minimum Gasteiger partial charge on any atom is -0.306 e. The Morgan fingerprint density at radius 3 is 2.72 bits per heavy atom. The maximum absolute atomic E-state index is 13.9. The van der Waals surface area contributed by atoms with Crippen molar-refractivity contribution in [2.45, 2.75) is 19.4 Å². The molecule has 0 aliphatic heterocycles. The number of nitrogens with zero attached hydrogens (tertiary/aromatic N) is 1. The topological polar surface area (TPSA) is 24.9 Å². The highest BCUT2D eigenvalue weighted by atomic mass is 19.1. The van der Waals surface area contributed by atoms with Gasteiger partial charge in [-0.05, 0) is 30.7 Å². The van der Waals surface area contributed by atoms with E-state index in [1.165, 1.54) is 6.07 Å². The van der Waals surface area contributed by atoms with E-state index < -0.39 is 0 Å². The first kappa shape index (κ1) is 12.7. The van der Waals surface area contributed by atoms with Crippen LogP contribution in [0.5, 0.6) is 0 Å². The number of aromatic nitrogens is 1. The van der Waals surface area contributed by atoms with Crippen LogP contribution in [-0.4, -0.2) is 11.5 Å². The second kappa shape index (κ2) is 6.26. The van der Waals surface area contributed by atoms with Crippen LogP contribution in [0.25, 0.3) is 0 Å². The first-order chi connectivity index (χ1) is 8.83. The maximum atomic E-state index is 13.9. The second-order valence-corrected chi connectivity index (χ2v) is 4.20. The van der Waals surface area contributed by atoms with E-state index in [0.29, 0.717) is 5.56 Å². The Morgan fingerprint density at radius 2 is 2.06 bits per heavy atom. The minimum absolute atomic E-state index is 0.139. The summed E-state index contributed by atoms with van der Waals surface area (Å²) in [5.41, 5.74) is 1.65. The zero-order valence-corrected chi connectivity index (χ0v) is 10.4. The van der Waals surface area contributed by atoms with Gasteiger partial charge in [0.1, 0.15) is 5.82 Å². The quantitative estimate of drug-likeness (QED) is 0.872. The molecule has 0 aliphatic carbocycles. The zero-order valence-electron chi connectivity index (χ0n) is 10.4. The molecule has 1 atom stereocenters. The van der Waals surface area contributed by atoms with Crippen LogP contribution >= 0.6 is 0 Å². The van der Waals surface area contributed by atoms with Crippen LogP contribution in [0.4, 0.5) is 4.39 Å². The Bertz CT molecular complexity index is 485. The van der Waals surface area contributed by atoms with Crippen LogP contribution in [0, 0.1) is 5.82 Å². The molecule has 0 radical (unpaired) electrons. The molecule has 1 aromatic carbocycles. The number of nitrogens with one attached hydrogen (secondary N) is 1. The van der Waals surface area contributed by atoms with E-state index in [1.54, 1.807) is 18.5 Å². The Labute approximate surface area is 107 Å². The highest BCUT2D eigenvalue weighted by molar-refractivity contribution is 5.31. The van der Waals surface area contributed by atoms with Crippen molar-refractivity contribution in [1.29, 1.82) is 0 Å². The Hall–Kier alpha value is -1.74. The molecule has 0 aliphatic rings. The van der Waals surface area contributed by atoms with Gasteiger partial charge in [-0.15, -0.1) is 0 Å². The van der Waals surface area contributed by atoms with Gasteiger partial charge in [-0.3, -0.25) is 4.98 Å². The predicted octanol–water partition coefficient (Wildman–Crippen LogP) is 3.31. The summed E-state index contributed by atoms with van der Waals surface area (Å²) >= 11 is 0. The van der Waals surface area contributed by atoms with E-state index in [0.717, 1.165) is 18.5 Å². The van der Waals surface area contributed by atoms with Gasteiger partial charge in [-0.25, -0.2) is 4.39 Å². The predicted molar refractivity (Wildman–Crippen MR) is 70.8 cm³/mol. The third kappa shape index (κ3) is 2.93. The number of hydrogen-bond acceptors (Lipinski definition) is 2. The number of hydrogen-bond donors (Lipinski definition) is 1. The van der Waals surface area contributed by atoms with Crippen LogP contribution in [0.1, 0.15) is 30.5 Å². The lowest BCUT2D eigenvalue weighted by molar-refractivity contribution is 0.546. The minimum atomic E-state index is -0.185. The summed E-state index contributed by atoms with van der Waals surface area (Å²) in [7, 11) is 0. The molecule has 0 saturated heterocycles. The number of halogens is 1. The van der Waals surface area contributed by atoms with E-state index in [4.69, 9.17) is 0 Å². The fraction of sp³-hybridized carbons (Fsp3) is 0.267. The van der Waals surface area contributed by atoms with Gasteiger partial charge in [0.25, 0.3) is 0 Å². The Balaban J connectivity index is 2.34. The van der Waals surface area contributed by atoms with Crippen molar-refractivity contribution in [2.75, 3.05) is 6.54 Å². The molecule has 0 amide bonds. The molecule has 94 valence electrons.